The van der Waals surface area contributed by atoms with Crippen LogP contribution in [0.25, 0.3) is 0 Å². The zero-order chi connectivity index (χ0) is 16.2. The molecule has 0 atom stereocenters. The fourth-order valence-electron chi connectivity index (χ4n) is 2.96. The number of carbonyl (C=O) groups excluding carboxylic acids is 1. The Morgan fingerprint density at radius 1 is 1.23 bits per heavy atom. The molecule has 1 aromatic rings. The van der Waals surface area contributed by atoms with E-state index in [9.17, 15) is 13.2 Å². The van der Waals surface area contributed by atoms with Crippen LogP contribution in [-0.2, 0) is 21.1 Å². The quantitative estimate of drug-likeness (QED) is 0.872. The minimum atomic E-state index is -3.45. The summed E-state index contributed by atoms with van der Waals surface area (Å²) in [5.41, 5.74) is 1.14. The number of amides is 1. The molecule has 0 bridgehead atoms. The van der Waals surface area contributed by atoms with E-state index < -0.39 is 14.6 Å². The van der Waals surface area contributed by atoms with E-state index >= 15 is 0 Å². The lowest BCUT2D eigenvalue weighted by Crippen LogP contribution is -2.57. The van der Waals surface area contributed by atoms with Crippen molar-refractivity contribution >= 4 is 15.7 Å². The minimum Gasteiger partial charge on any atom is -0.344 e. The number of nitrogens with one attached hydrogen (secondary N) is 1. The average molecular weight is 324 g/mol. The van der Waals surface area contributed by atoms with Gasteiger partial charge in [0.1, 0.15) is 0 Å². The van der Waals surface area contributed by atoms with Crippen LogP contribution in [0.5, 0.6) is 0 Å². The van der Waals surface area contributed by atoms with E-state index in [1.165, 1.54) is 6.26 Å². The number of piperidine rings is 1. The first-order valence-electron chi connectivity index (χ1n) is 7.57. The highest BCUT2D eigenvalue weighted by Gasteiger charge is 2.49. The van der Waals surface area contributed by atoms with Gasteiger partial charge in [0, 0.05) is 19.8 Å². The van der Waals surface area contributed by atoms with Gasteiger partial charge in [0.15, 0.2) is 14.6 Å². The number of nitrogens with zero attached hydrogens (tertiary/aromatic N) is 1. The SMILES string of the molecule is CN(CCc1ccccc1)C(=O)C1(S(C)(=O)=O)CCNCC1. The highest BCUT2D eigenvalue weighted by Crippen LogP contribution is 2.29. The smallest absolute Gasteiger partial charge is 0.243 e. The fourth-order valence-corrected chi connectivity index (χ4v) is 4.38. The molecule has 6 heteroatoms. The molecule has 0 radical (unpaired) electrons. The van der Waals surface area contributed by atoms with E-state index in [0.717, 1.165) is 12.0 Å². The molecule has 0 aliphatic carbocycles. The Hall–Kier alpha value is -1.40. The molecule has 5 nitrogen and oxygen atoms in total. The van der Waals surface area contributed by atoms with Gasteiger partial charge in [-0.15, -0.1) is 0 Å². The first-order chi connectivity index (χ1) is 10.4. The molecule has 1 aliphatic heterocycles. The summed E-state index contributed by atoms with van der Waals surface area (Å²) in [5.74, 6) is -0.271. The van der Waals surface area contributed by atoms with E-state index in [1.54, 1.807) is 11.9 Å². The van der Waals surface area contributed by atoms with Crippen molar-refractivity contribution in [3.63, 3.8) is 0 Å². The molecule has 0 unspecified atom stereocenters. The van der Waals surface area contributed by atoms with Gasteiger partial charge in [-0.25, -0.2) is 8.42 Å². The third-order valence-corrected chi connectivity index (χ3v) is 6.44. The van der Waals surface area contributed by atoms with Crippen LogP contribution in [0, 0.1) is 0 Å². The molecular weight excluding hydrogens is 300 g/mol. The standard InChI is InChI=1S/C16H24N2O3S/c1-18(13-8-14-6-4-3-5-7-14)15(19)16(22(2,20)21)9-11-17-12-10-16/h3-7,17H,8-13H2,1-2H3. The highest BCUT2D eigenvalue weighted by molar-refractivity contribution is 7.92. The monoisotopic (exact) mass is 324 g/mol. The second-order valence-corrected chi connectivity index (χ2v) is 8.30. The Balaban J connectivity index is 2.10. The van der Waals surface area contributed by atoms with Crippen molar-refractivity contribution < 1.29 is 13.2 Å². The van der Waals surface area contributed by atoms with Gasteiger partial charge in [0.2, 0.25) is 5.91 Å². The summed E-state index contributed by atoms with van der Waals surface area (Å²) in [6.45, 7) is 1.64. The van der Waals surface area contributed by atoms with Crippen molar-refractivity contribution in [2.45, 2.75) is 24.0 Å². The van der Waals surface area contributed by atoms with Crippen LogP contribution in [0.3, 0.4) is 0 Å². The van der Waals surface area contributed by atoms with Crippen molar-refractivity contribution in [2.75, 3.05) is 32.9 Å². The molecule has 1 saturated heterocycles. The van der Waals surface area contributed by atoms with Crippen LogP contribution >= 0.6 is 0 Å². The zero-order valence-electron chi connectivity index (χ0n) is 13.2. The van der Waals surface area contributed by atoms with E-state index in [4.69, 9.17) is 0 Å². The summed E-state index contributed by atoms with van der Waals surface area (Å²) in [5, 5.41) is 3.13. The molecule has 1 aliphatic rings. The lowest BCUT2D eigenvalue weighted by molar-refractivity contribution is -0.133. The predicted molar refractivity (Wildman–Crippen MR) is 87.5 cm³/mol. The van der Waals surface area contributed by atoms with Crippen LogP contribution in [0.15, 0.2) is 30.3 Å². The Labute approximate surface area is 132 Å². The summed E-state index contributed by atoms with van der Waals surface area (Å²) < 4.78 is 23.2. The van der Waals surface area contributed by atoms with Crippen molar-refractivity contribution in [1.29, 1.82) is 0 Å². The number of hydrogen-bond acceptors (Lipinski definition) is 4. The highest BCUT2D eigenvalue weighted by atomic mass is 32.2. The van der Waals surface area contributed by atoms with E-state index in [-0.39, 0.29) is 5.91 Å². The summed E-state index contributed by atoms with van der Waals surface area (Å²) in [7, 11) is -1.75. The molecule has 1 aromatic carbocycles. The normalized spacial score (nSPS) is 17.9. The van der Waals surface area contributed by atoms with E-state index in [2.05, 4.69) is 5.32 Å². The fraction of sp³-hybridized carbons (Fsp3) is 0.562. The molecule has 1 amide bonds. The number of rotatable bonds is 5. The topological polar surface area (TPSA) is 66.5 Å². The lowest BCUT2D eigenvalue weighted by Gasteiger charge is -2.37. The Morgan fingerprint density at radius 3 is 2.36 bits per heavy atom. The van der Waals surface area contributed by atoms with Crippen molar-refractivity contribution in [3.8, 4) is 0 Å². The van der Waals surface area contributed by atoms with Gasteiger partial charge in [-0.1, -0.05) is 30.3 Å². The third-order valence-electron chi connectivity index (χ3n) is 4.44. The van der Waals surface area contributed by atoms with E-state index in [1.807, 2.05) is 30.3 Å². The number of sulfone groups is 1. The van der Waals surface area contributed by atoms with Crippen LogP contribution < -0.4 is 5.32 Å². The number of hydrogen-bond donors (Lipinski definition) is 1. The number of carbonyl (C=O) groups is 1. The number of benzene rings is 1. The number of likely N-dealkylation sites (N-methyl/N-ethyl adjacent to an activating group) is 1. The average Bonchev–Trinajstić information content (AvgIpc) is 2.52. The van der Waals surface area contributed by atoms with Gasteiger partial charge in [0.05, 0.1) is 0 Å². The maximum atomic E-state index is 12.8. The Kier molecular flexibility index (Phi) is 5.24. The summed E-state index contributed by atoms with van der Waals surface area (Å²) in [4.78, 5) is 14.4. The van der Waals surface area contributed by atoms with Crippen LogP contribution in [-0.4, -0.2) is 56.9 Å². The van der Waals surface area contributed by atoms with Crippen molar-refractivity contribution in [2.24, 2.45) is 0 Å². The molecule has 0 saturated carbocycles. The molecule has 122 valence electrons. The maximum Gasteiger partial charge on any atom is 0.243 e. The Bertz CT molecular complexity index is 608. The van der Waals surface area contributed by atoms with Gasteiger partial charge in [-0.3, -0.25) is 4.79 Å². The predicted octanol–water partition coefficient (Wildman–Crippen LogP) is 0.854. The van der Waals surface area contributed by atoms with Crippen molar-refractivity contribution in [3.05, 3.63) is 35.9 Å². The Morgan fingerprint density at radius 2 is 1.82 bits per heavy atom. The molecule has 1 N–H and O–H groups in total. The van der Waals surface area contributed by atoms with Gasteiger partial charge in [-0.2, -0.15) is 0 Å². The molecule has 1 heterocycles. The third kappa shape index (κ3) is 3.50. The summed E-state index contributed by atoms with van der Waals surface area (Å²) in [6.07, 6.45) is 2.60. The van der Waals surface area contributed by atoms with Gasteiger partial charge < -0.3 is 10.2 Å². The first kappa shape index (κ1) is 17.0. The molecular formula is C16H24N2O3S. The minimum absolute atomic E-state index is 0.271. The van der Waals surface area contributed by atoms with Gasteiger partial charge >= 0.3 is 0 Å². The lowest BCUT2D eigenvalue weighted by atomic mass is 9.95. The largest absolute Gasteiger partial charge is 0.344 e. The van der Waals surface area contributed by atoms with Gasteiger partial charge in [-0.05, 0) is 37.9 Å². The molecule has 2 rings (SSSR count). The molecule has 1 fully saturated rings. The first-order valence-corrected chi connectivity index (χ1v) is 9.46. The maximum absolute atomic E-state index is 12.8. The molecule has 0 aromatic heterocycles. The molecule has 0 spiro atoms. The summed E-state index contributed by atoms with van der Waals surface area (Å²) >= 11 is 0. The van der Waals surface area contributed by atoms with Gasteiger partial charge in [0.25, 0.3) is 0 Å². The second-order valence-electron chi connectivity index (χ2n) is 5.98. The van der Waals surface area contributed by atoms with Crippen LogP contribution in [0.4, 0.5) is 0 Å². The van der Waals surface area contributed by atoms with Crippen LogP contribution in [0.1, 0.15) is 18.4 Å². The second kappa shape index (κ2) is 6.79. The van der Waals surface area contributed by atoms with Crippen molar-refractivity contribution in [1.82, 2.24) is 10.2 Å². The molecule has 22 heavy (non-hydrogen) atoms. The van der Waals surface area contributed by atoms with E-state index in [0.29, 0.717) is 32.5 Å². The van der Waals surface area contributed by atoms with Crippen LogP contribution in [0.2, 0.25) is 0 Å². The zero-order valence-corrected chi connectivity index (χ0v) is 14.0. The summed E-state index contributed by atoms with van der Waals surface area (Å²) in [6, 6.07) is 9.89.